The SMILES string of the molecule is CCC(C)C(=O)CS(=O)c1ccc(C)cc1. The monoisotopic (exact) mass is 238 g/mol. The van der Waals surface area contributed by atoms with Crippen LogP contribution >= 0.6 is 0 Å². The number of aryl methyl sites for hydroxylation is 1. The summed E-state index contributed by atoms with van der Waals surface area (Å²) in [6.45, 7) is 5.84. The van der Waals surface area contributed by atoms with Gasteiger partial charge in [0.15, 0.2) is 0 Å². The Labute approximate surface area is 99.5 Å². The highest BCUT2D eigenvalue weighted by Gasteiger charge is 2.15. The Hall–Kier alpha value is -0.960. The molecular formula is C13H18O2S. The molecule has 3 heteroatoms. The van der Waals surface area contributed by atoms with Gasteiger partial charge in [-0.05, 0) is 25.5 Å². The van der Waals surface area contributed by atoms with Gasteiger partial charge in [-0.25, -0.2) is 0 Å². The number of ketones is 1. The lowest BCUT2D eigenvalue weighted by Crippen LogP contribution is -2.18. The van der Waals surface area contributed by atoms with Gasteiger partial charge < -0.3 is 0 Å². The molecule has 0 spiro atoms. The van der Waals surface area contributed by atoms with Gasteiger partial charge in [-0.3, -0.25) is 9.00 Å². The summed E-state index contributed by atoms with van der Waals surface area (Å²) in [5.41, 5.74) is 1.13. The summed E-state index contributed by atoms with van der Waals surface area (Å²) in [5.74, 6) is 0.230. The van der Waals surface area contributed by atoms with Gasteiger partial charge in [0.05, 0.1) is 16.6 Å². The Bertz CT molecular complexity index is 381. The van der Waals surface area contributed by atoms with E-state index in [1.165, 1.54) is 0 Å². The highest BCUT2D eigenvalue weighted by atomic mass is 32.2. The van der Waals surface area contributed by atoms with Crippen LogP contribution in [0.4, 0.5) is 0 Å². The van der Waals surface area contributed by atoms with E-state index >= 15 is 0 Å². The molecule has 0 aliphatic heterocycles. The number of carbonyl (C=O) groups is 1. The van der Waals surface area contributed by atoms with Crippen LogP contribution in [0.15, 0.2) is 29.2 Å². The minimum absolute atomic E-state index is 0.00870. The zero-order valence-corrected chi connectivity index (χ0v) is 10.8. The van der Waals surface area contributed by atoms with Crippen molar-refractivity contribution < 1.29 is 9.00 Å². The first kappa shape index (κ1) is 13.1. The van der Waals surface area contributed by atoms with Gasteiger partial charge >= 0.3 is 0 Å². The smallest absolute Gasteiger partial charge is 0.148 e. The molecule has 0 aromatic heterocycles. The molecule has 2 atom stereocenters. The molecule has 0 saturated carbocycles. The van der Waals surface area contributed by atoms with Gasteiger partial charge in [-0.15, -0.1) is 0 Å². The van der Waals surface area contributed by atoms with Gasteiger partial charge in [-0.1, -0.05) is 31.5 Å². The highest BCUT2D eigenvalue weighted by molar-refractivity contribution is 7.85. The van der Waals surface area contributed by atoms with Crippen molar-refractivity contribution >= 4 is 16.6 Å². The molecule has 0 aliphatic carbocycles. The van der Waals surface area contributed by atoms with Crippen LogP contribution in [0.25, 0.3) is 0 Å². The molecule has 0 saturated heterocycles. The Balaban J connectivity index is 2.66. The van der Waals surface area contributed by atoms with Crippen LogP contribution in [-0.4, -0.2) is 15.7 Å². The molecule has 0 fully saturated rings. The molecule has 16 heavy (non-hydrogen) atoms. The molecule has 0 radical (unpaired) electrons. The molecule has 88 valence electrons. The molecule has 2 nitrogen and oxygen atoms in total. The molecule has 0 amide bonds. The molecule has 0 heterocycles. The third kappa shape index (κ3) is 3.56. The molecule has 1 aromatic rings. The minimum Gasteiger partial charge on any atom is -0.298 e. The van der Waals surface area contributed by atoms with Crippen molar-refractivity contribution in [3.63, 3.8) is 0 Å². The first-order valence-corrected chi connectivity index (χ1v) is 6.84. The van der Waals surface area contributed by atoms with Crippen LogP contribution in [0, 0.1) is 12.8 Å². The summed E-state index contributed by atoms with van der Waals surface area (Å²) in [4.78, 5) is 12.4. The molecule has 2 unspecified atom stereocenters. The lowest BCUT2D eigenvalue weighted by atomic mass is 10.1. The van der Waals surface area contributed by atoms with Crippen LogP contribution in [-0.2, 0) is 15.6 Å². The van der Waals surface area contributed by atoms with Crippen LogP contribution in [0.2, 0.25) is 0 Å². The Morgan fingerprint density at radius 2 is 1.88 bits per heavy atom. The Morgan fingerprint density at radius 1 is 1.31 bits per heavy atom. The number of rotatable bonds is 5. The maximum absolute atomic E-state index is 11.9. The fourth-order valence-corrected chi connectivity index (χ4v) is 2.42. The van der Waals surface area contributed by atoms with Crippen molar-refractivity contribution in [1.82, 2.24) is 0 Å². The second kappa shape index (κ2) is 5.94. The predicted molar refractivity (Wildman–Crippen MR) is 66.9 cm³/mol. The largest absolute Gasteiger partial charge is 0.298 e. The number of carbonyl (C=O) groups excluding carboxylic acids is 1. The van der Waals surface area contributed by atoms with Crippen molar-refractivity contribution in [2.45, 2.75) is 32.1 Å². The van der Waals surface area contributed by atoms with E-state index in [2.05, 4.69) is 0 Å². The first-order chi connectivity index (χ1) is 7.54. The van der Waals surface area contributed by atoms with Crippen molar-refractivity contribution in [3.8, 4) is 0 Å². The zero-order chi connectivity index (χ0) is 12.1. The lowest BCUT2D eigenvalue weighted by molar-refractivity contribution is -0.119. The second-order valence-corrected chi connectivity index (χ2v) is 5.53. The van der Waals surface area contributed by atoms with Crippen LogP contribution in [0.3, 0.4) is 0 Å². The maximum atomic E-state index is 11.9. The predicted octanol–water partition coefficient (Wildman–Crippen LogP) is 2.72. The summed E-state index contributed by atoms with van der Waals surface area (Å²) in [6, 6.07) is 7.49. The van der Waals surface area contributed by atoms with Crippen LogP contribution < -0.4 is 0 Å². The molecular weight excluding hydrogens is 220 g/mol. The van der Waals surface area contributed by atoms with Crippen LogP contribution in [0.1, 0.15) is 25.8 Å². The van der Waals surface area contributed by atoms with Crippen molar-refractivity contribution in [2.24, 2.45) is 5.92 Å². The Kier molecular flexibility index (Phi) is 4.87. The quantitative estimate of drug-likeness (QED) is 0.790. The summed E-state index contributed by atoms with van der Waals surface area (Å²) >= 11 is 0. The first-order valence-electron chi connectivity index (χ1n) is 5.52. The maximum Gasteiger partial charge on any atom is 0.148 e. The lowest BCUT2D eigenvalue weighted by Gasteiger charge is -2.07. The fourth-order valence-electron chi connectivity index (χ4n) is 1.27. The van der Waals surface area contributed by atoms with Crippen LogP contribution in [0.5, 0.6) is 0 Å². The number of benzene rings is 1. The average molecular weight is 238 g/mol. The number of hydrogen-bond donors (Lipinski definition) is 0. The number of hydrogen-bond acceptors (Lipinski definition) is 2. The molecule has 1 aromatic carbocycles. The molecule has 0 aliphatic rings. The molecule has 1 rings (SSSR count). The third-order valence-electron chi connectivity index (χ3n) is 2.72. The normalized spacial score (nSPS) is 14.4. The minimum atomic E-state index is -1.19. The summed E-state index contributed by atoms with van der Waals surface area (Å²) in [7, 11) is -1.19. The van der Waals surface area contributed by atoms with Gasteiger partial charge in [0.2, 0.25) is 0 Å². The topological polar surface area (TPSA) is 34.1 Å². The van der Waals surface area contributed by atoms with E-state index in [4.69, 9.17) is 0 Å². The molecule has 0 N–H and O–H groups in total. The molecule has 0 bridgehead atoms. The summed E-state index contributed by atoms with van der Waals surface area (Å²) < 4.78 is 11.9. The average Bonchev–Trinajstić information content (AvgIpc) is 2.28. The van der Waals surface area contributed by atoms with E-state index < -0.39 is 10.8 Å². The van der Waals surface area contributed by atoms with E-state index in [1.54, 1.807) is 0 Å². The highest BCUT2D eigenvalue weighted by Crippen LogP contribution is 2.11. The van der Waals surface area contributed by atoms with Crippen molar-refractivity contribution in [3.05, 3.63) is 29.8 Å². The Morgan fingerprint density at radius 3 is 2.38 bits per heavy atom. The van der Waals surface area contributed by atoms with Gasteiger partial charge in [-0.2, -0.15) is 0 Å². The van der Waals surface area contributed by atoms with Crippen molar-refractivity contribution in [2.75, 3.05) is 5.75 Å². The van der Waals surface area contributed by atoms with Crippen molar-refractivity contribution in [1.29, 1.82) is 0 Å². The third-order valence-corrected chi connectivity index (χ3v) is 4.06. The number of Topliss-reactive ketones (excluding diaryl/α,β-unsaturated/α-hetero) is 1. The van der Waals surface area contributed by atoms with E-state index in [0.717, 1.165) is 16.9 Å². The van der Waals surface area contributed by atoms with E-state index in [1.807, 2.05) is 45.0 Å². The van der Waals surface area contributed by atoms with E-state index in [0.29, 0.717) is 0 Å². The summed E-state index contributed by atoms with van der Waals surface area (Å²) in [6.07, 6.45) is 0.809. The van der Waals surface area contributed by atoms with E-state index in [9.17, 15) is 9.00 Å². The fraction of sp³-hybridized carbons (Fsp3) is 0.462. The van der Waals surface area contributed by atoms with Gasteiger partial charge in [0, 0.05) is 10.8 Å². The second-order valence-electron chi connectivity index (χ2n) is 4.08. The van der Waals surface area contributed by atoms with E-state index in [-0.39, 0.29) is 17.5 Å². The standard InChI is InChI=1S/C13H18O2S/c1-4-11(3)13(14)9-16(15)12-7-5-10(2)6-8-12/h5-8,11H,4,9H2,1-3H3. The van der Waals surface area contributed by atoms with Gasteiger partial charge in [0.25, 0.3) is 0 Å². The summed E-state index contributed by atoms with van der Waals surface area (Å²) in [5, 5.41) is 0. The van der Waals surface area contributed by atoms with Gasteiger partial charge in [0.1, 0.15) is 5.78 Å². The zero-order valence-electron chi connectivity index (χ0n) is 10.0.